The molecule has 0 spiro atoms. The van der Waals surface area contributed by atoms with Gasteiger partial charge in [0.25, 0.3) is 0 Å². The first-order chi connectivity index (χ1) is 13.5. The second kappa shape index (κ2) is 7.19. The van der Waals surface area contributed by atoms with Crippen LogP contribution in [0.3, 0.4) is 0 Å². The third-order valence-corrected chi connectivity index (χ3v) is 4.63. The van der Waals surface area contributed by atoms with Crippen molar-refractivity contribution in [1.82, 2.24) is 15.0 Å². The highest BCUT2D eigenvalue weighted by atomic mass is 16.2. The van der Waals surface area contributed by atoms with Crippen LogP contribution in [0.25, 0.3) is 11.0 Å². The minimum absolute atomic E-state index is 0.128. The first kappa shape index (κ1) is 17.8. The van der Waals surface area contributed by atoms with Gasteiger partial charge in [0.15, 0.2) is 0 Å². The van der Waals surface area contributed by atoms with Gasteiger partial charge < -0.3 is 5.32 Å². The van der Waals surface area contributed by atoms with E-state index in [2.05, 4.69) is 20.4 Å². The normalized spacial score (nSPS) is 16.1. The molecule has 28 heavy (non-hydrogen) atoms. The molecular formula is C21H19N5O2. The molecule has 3 aromatic rings. The molecule has 0 saturated heterocycles. The predicted molar refractivity (Wildman–Crippen MR) is 107 cm³/mol. The Morgan fingerprint density at radius 2 is 1.82 bits per heavy atom. The number of amides is 2. The third-order valence-electron chi connectivity index (χ3n) is 4.63. The summed E-state index contributed by atoms with van der Waals surface area (Å²) in [4.78, 5) is 32.2. The Hall–Kier alpha value is -3.61. The van der Waals surface area contributed by atoms with Gasteiger partial charge in [-0.05, 0) is 35.4 Å². The number of hydrazone groups is 1. The van der Waals surface area contributed by atoms with Gasteiger partial charge in [0, 0.05) is 38.3 Å². The minimum Gasteiger partial charge on any atom is -0.326 e. The van der Waals surface area contributed by atoms with E-state index in [1.807, 2.05) is 42.5 Å². The summed E-state index contributed by atoms with van der Waals surface area (Å²) in [6.45, 7) is 2.98. The largest absolute Gasteiger partial charge is 0.326 e. The molecule has 1 N–H and O–H groups in total. The number of nitrogens with one attached hydrogen (secondary N) is 1. The van der Waals surface area contributed by atoms with Gasteiger partial charge in [0.05, 0.1) is 22.8 Å². The smallest absolute Gasteiger partial charge is 0.240 e. The van der Waals surface area contributed by atoms with Crippen molar-refractivity contribution in [3.63, 3.8) is 0 Å². The van der Waals surface area contributed by atoms with Gasteiger partial charge in [-0.15, -0.1) is 0 Å². The second-order valence-electron chi connectivity index (χ2n) is 6.70. The highest BCUT2D eigenvalue weighted by molar-refractivity contribution is 6.04. The lowest BCUT2D eigenvalue weighted by molar-refractivity contribution is -0.130. The first-order valence-corrected chi connectivity index (χ1v) is 8.97. The number of benzene rings is 2. The van der Waals surface area contributed by atoms with Gasteiger partial charge in [0.2, 0.25) is 11.8 Å². The Balaban J connectivity index is 1.67. The maximum atomic E-state index is 12.2. The van der Waals surface area contributed by atoms with Crippen LogP contribution in [0.2, 0.25) is 0 Å². The fourth-order valence-electron chi connectivity index (χ4n) is 3.40. The topological polar surface area (TPSA) is 87.5 Å². The number of aromatic nitrogens is 2. The molecule has 4 rings (SSSR count). The van der Waals surface area contributed by atoms with Crippen molar-refractivity contribution in [3.05, 3.63) is 66.0 Å². The van der Waals surface area contributed by atoms with Crippen LogP contribution in [0.5, 0.6) is 0 Å². The van der Waals surface area contributed by atoms with E-state index in [-0.39, 0.29) is 17.9 Å². The fourth-order valence-corrected chi connectivity index (χ4v) is 3.40. The van der Waals surface area contributed by atoms with Crippen LogP contribution < -0.4 is 5.32 Å². The van der Waals surface area contributed by atoms with Gasteiger partial charge in [-0.3, -0.25) is 19.6 Å². The van der Waals surface area contributed by atoms with Crippen molar-refractivity contribution in [1.29, 1.82) is 0 Å². The molecular weight excluding hydrogens is 354 g/mol. The standard InChI is InChI=1S/C21H19N5O2/c1-13(27)24-17-5-3-4-15(10-17)19-12-21(26(25-19)14(2)28)16-6-7-18-20(11-16)23-9-8-22-18/h3-11,21H,12H2,1-2H3,(H,24,27)/t21-/m0/s1. The number of hydrogen-bond donors (Lipinski definition) is 1. The summed E-state index contributed by atoms with van der Waals surface area (Å²) >= 11 is 0. The highest BCUT2D eigenvalue weighted by Crippen LogP contribution is 2.34. The van der Waals surface area contributed by atoms with Gasteiger partial charge in [-0.2, -0.15) is 5.10 Å². The molecule has 1 aliphatic heterocycles. The van der Waals surface area contributed by atoms with E-state index < -0.39 is 0 Å². The van der Waals surface area contributed by atoms with Crippen LogP contribution in [0.4, 0.5) is 5.69 Å². The average Bonchev–Trinajstić information content (AvgIpc) is 3.13. The zero-order valence-electron chi connectivity index (χ0n) is 15.6. The second-order valence-corrected chi connectivity index (χ2v) is 6.70. The number of rotatable bonds is 3. The molecule has 1 aliphatic rings. The molecule has 2 heterocycles. The van der Waals surface area contributed by atoms with Crippen molar-refractivity contribution in [2.45, 2.75) is 26.3 Å². The molecule has 7 nitrogen and oxygen atoms in total. The molecule has 0 saturated carbocycles. The van der Waals surface area contributed by atoms with E-state index in [9.17, 15) is 9.59 Å². The number of hydrogen-bond acceptors (Lipinski definition) is 5. The Kier molecular flexibility index (Phi) is 4.57. The molecule has 2 aromatic carbocycles. The molecule has 0 aliphatic carbocycles. The Bertz CT molecular complexity index is 1110. The molecule has 1 atom stereocenters. The molecule has 2 amide bonds. The van der Waals surface area contributed by atoms with E-state index in [4.69, 9.17) is 0 Å². The Morgan fingerprint density at radius 3 is 2.57 bits per heavy atom. The minimum atomic E-state index is -0.205. The summed E-state index contributed by atoms with van der Waals surface area (Å²) in [5.74, 6) is -0.261. The number of carbonyl (C=O) groups excluding carboxylic acids is 2. The number of fused-ring (bicyclic) bond motifs is 1. The number of anilines is 1. The zero-order valence-corrected chi connectivity index (χ0v) is 15.6. The van der Waals surface area contributed by atoms with Crippen LogP contribution >= 0.6 is 0 Å². The third kappa shape index (κ3) is 3.46. The van der Waals surface area contributed by atoms with Crippen LogP contribution in [0.1, 0.15) is 37.4 Å². The maximum Gasteiger partial charge on any atom is 0.240 e. The predicted octanol–water partition coefficient (Wildman–Crippen LogP) is 3.29. The summed E-state index contributed by atoms with van der Waals surface area (Å²) in [6, 6.07) is 13.1. The van der Waals surface area contributed by atoms with Crippen molar-refractivity contribution < 1.29 is 9.59 Å². The molecule has 1 aromatic heterocycles. The van der Waals surface area contributed by atoms with Gasteiger partial charge in [-0.1, -0.05) is 18.2 Å². The van der Waals surface area contributed by atoms with Crippen molar-refractivity contribution in [3.8, 4) is 0 Å². The Morgan fingerprint density at radius 1 is 1.04 bits per heavy atom. The van der Waals surface area contributed by atoms with Crippen molar-refractivity contribution >= 4 is 34.2 Å². The van der Waals surface area contributed by atoms with E-state index in [0.717, 1.165) is 27.9 Å². The zero-order chi connectivity index (χ0) is 19.7. The molecule has 0 fully saturated rings. The Labute approximate surface area is 162 Å². The van der Waals surface area contributed by atoms with Gasteiger partial charge in [-0.25, -0.2) is 5.01 Å². The molecule has 0 unspecified atom stereocenters. The monoisotopic (exact) mass is 373 g/mol. The summed E-state index contributed by atoms with van der Waals surface area (Å²) in [6.07, 6.45) is 3.89. The number of nitrogens with zero attached hydrogens (tertiary/aromatic N) is 4. The molecule has 140 valence electrons. The van der Waals surface area contributed by atoms with Crippen molar-refractivity contribution in [2.75, 3.05) is 5.32 Å². The van der Waals surface area contributed by atoms with Crippen LogP contribution in [-0.4, -0.2) is 32.5 Å². The lowest BCUT2D eigenvalue weighted by atomic mass is 9.97. The fraction of sp³-hybridized carbons (Fsp3) is 0.190. The lowest BCUT2D eigenvalue weighted by Crippen LogP contribution is -2.24. The van der Waals surface area contributed by atoms with Crippen LogP contribution in [0, 0.1) is 0 Å². The number of carbonyl (C=O) groups is 2. The van der Waals surface area contributed by atoms with E-state index in [0.29, 0.717) is 12.1 Å². The van der Waals surface area contributed by atoms with E-state index in [1.54, 1.807) is 12.4 Å². The molecule has 7 heteroatoms. The summed E-state index contributed by atoms with van der Waals surface area (Å²) in [7, 11) is 0. The van der Waals surface area contributed by atoms with E-state index >= 15 is 0 Å². The first-order valence-electron chi connectivity index (χ1n) is 8.97. The molecule has 0 bridgehead atoms. The average molecular weight is 373 g/mol. The summed E-state index contributed by atoms with van der Waals surface area (Å²) in [5.41, 5.74) is 4.92. The summed E-state index contributed by atoms with van der Waals surface area (Å²) in [5, 5.41) is 8.86. The lowest BCUT2D eigenvalue weighted by Gasteiger charge is -2.20. The van der Waals surface area contributed by atoms with Gasteiger partial charge in [0.1, 0.15) is 0 Å². The summed E-state index contributed by atoms with van der Waals surface area (Å²) < 4.78 is 0. The van der Waals surface area contributed by atoms with Gasteiger partial charge >= 0.3 is 0 Å². The SMILES string of the molecule is CC(=O)Nc1cccc(C2=NN(C(C)=O)[C@H](c3ccc4nccnc4c3)C2)c1. The molecule has 0 radical (unpaired) electrons. The van der Waals surface area contributed by atoms with Crippen LogP contribution in [-0.2, 0) is 9.59 Å². The maximum absolute atomic E-state index is 12.2. The van der Waals surface area contributed by atoms with E-state index in [1.165, 1.54) is 18.9 Å². The van der Waals surface area contributed by atoms with Crippen LogP contribution in [0.15, 0.2) is 60.0 Å². The highest BCUT2D eigenvalue weighted by Gasteiger charge is 2.31. The van der Waals surface area contributed by atoms with Crippen molar-refractivity contribution in [2.24, 2.45) is 5.10 Å². The quantitative estimate of drug-likeness (QED) is 0.763.